The van der Waals surface area contributed by atoms with Crippen LogP contribution in [0.2, 0.25) is 0 Å². The molecule has 0 aromatic carbocycles. The third kappa shape index (κ3) is 4.84. The monoisotopic (exact) mass is 254 g/mol. The molecular weight excluding hydrogens is 224 g/mol. The highest BCUT2D eigenvalue weighted by atomic mass is 15.3. The van der Waals surface area contributed by atoms with Crippen molar-refractivity contribution in [2.45, 2.75) is 46.6 Å². The molecule has 1 saturated heterocycles. The fourth-order valence-electron chi connectivity index (χ4n) is 2.42. The summed E-state index contributed by atoms with van der Waals surface area (Å²) in [5.74, 6) is 1.11. The van der Waals surface area contributed by atoms with E-state index in [4.69, 9.17) is 4.99 Å². The van der Waals surface area contributed by atoms with Crippen molar-refractivity contribution in [2.24, 2.45) is 4.99 Å². The molecule has 1 heterocycles. The van der Waals surface area contributed by atoms with Crippen molar-refractivity contribution >= 4 is 5.96 Å². The average Bonchev–Trinajstić information content (AvgIpc) is 2.86. The van der Waals surface area contributed by atoms with Gasteiger partial charge in [-0.15, -0.1) is 0 Å². The van der Waals surface area contributed by atoms with Crippen LogP contribution in [0, 0.1) is 0 Å². The standard InChI is InChI=1S/C14H30N4/c1-5-15-14(18-10-7-8-11-18)16-9-12-17(6-2)13(3)4/h13H,5-12H2,1-4H3,(H,15,16). The predicted octanol–water partition coefficient (Wildman–Crippen LogP) is 1.78. The van der Waals surface area contributed by atoms with Gasteiger partial charge in [0.15, 0.2) is 5.96 Å². The topological polar surface area (TPSA) is 30.9 Å². The fourth-order valence-corrected chi connectivity index (χ4v) is 2.42. The Bertz CT molecular complexity index is 244. The molecule has 18 heavy (non-hydrogen) atoms. The van der Waals surface area contributed by atoms with Crippen LogP contribution in [0.25, 0.3) is 0 Å². The lowest BCUT2D eigenvalue weighted by molar-refractivity contribution is 0.240. The largest absolute Gasteiger partial charge is 0.357 e. The minimum atomic E-state index is 0.611. The second kappa shape index (κ2) is 8.35. The number of likely N-dealkylation sites (N-methyl/N-ethyl adjacent to an activating group) is 1. The van der Waals surface area contributed by atoms with Crippen LogP contribution in [0.1, 0.15) is 40.5 Å². The second-order valence-corrected chi connectivity index (χ2v) is 5.15. The van der Waals surface area contributed by atoms with Crippen molar-refractivity contribution in [2.75, 3.05) is 39.3 Å². The minimum Gasteiger partial charge on any atom is -0.357 e. The number of nitrogens with zero attached hydrogens (tertiary/aromatic N) is 3. The van der Waals surface area contributed by atoms with Crippen molar-refractivity contribution in [3.63, 3.8) is 0 Å². The van der Waals surface area contributed by atoms with E-state index in [-0.39, 0.29) is 0 Å². The Hall–Kier alpha value is -0.770. The third-order valence-corrected chi connectivity index (χ3v) is 3.53. The summed E-state index contributed by atoms with van der Waals surface area (Å²) in [6.07, 6.45) is 2.61. The molecule has 0 amide bonds. The highest BCUT2D eigenvalue weighted by molar-refractivity contribution is 5.80. The summed E-state index contributed by atoms with van der Waals surface area (Å²) in [4.78, 5) is 9.59. The number of guanidine groups is 1. The molecule has 106 valence electrons. The number of aliphatic imine (C=N–C) groups is 1. The zero-order chi connectivity index (χ0) is 13.4. The third-order valence-electron chi connectivity index (χ3n) is 3.53. The second-order valence-electron chi connectivity index (χ2n) is 5.15. The lowest BCUT2D eigenvalue weighted by atomic mass is 10.3. The Morgan fingerprint density at radius 3 is 2.44 bits per heavy atom. The van der Waals surface area contributed by atoms with E-state index < -0.39 is 0 Å². The summed E-state index contributed by atoms with van der Waals surface area (Å²) in [5, 5.41) is 3.40. The normalized spacial score (nSPS) is 17.0. The first-order chi connectivity index (χ1) is 8.69. The zero-order valence-corrected chi connectivity index (χ0v) is 12.6. The first kappa shape index (κ1) is 15.3. The predicted molar refractivity (Wildman–Crippen MR) is 79.2 cm³/mol. The minimum absolute atomic E-state index is 0.611. The molecule has 1 aliphatic heterocycles. The van der Waals surface area contributed by atoms with Crippen LogP contribution >= 0.6 is 0 Å². The summed E-state index contributed by atoms with van der Waals surface area (Å²) >= 11 is 0. The van der Waals surface area contributed by atoms with Crippen LogP contribution in [0.5, 0.6) is 0 Å². The van der Waals surface area contributed by atoms with Gasteiger partial charge in [0.25, 0.3) is 0 Å². The molecule has 1 fully saturated rings. The lowest BCUT2D eigenvalue weighted by Gasteiger charge is -2.25. The smallest absolute Gasteiger partial charge is 0.193 e. The first-order valence-electron chi connectivity index (χ1n) is 7.46. The Kier molecular flexibility index (Phi) is 7.09. The van der Waals surface area contributed by atoms with E-state index in [0.29, 0.717) is 6.04 Å². The van der Waals surface area contributed by atoms with Crippen LogP contribution in [-0.4, -0.2) is 61.1 Å². The molecule has 1 rings (SSSR count). The molecule has 0 aromatic rings. The Morgan fingerprint density at radius 1 is 1.28 bits per heavy atom. The molecule has 0 bridgehead atoms. The van der Waals surface area contributed by atoms with E-state index in [1.165, 1.54) is 12.8 Å². The van der Waals surface area contributed by atoms with Crippen LogP contribution < -0.4 is 5.32 Å². The summed E-state index contributed by atoms with van der Waals surface area (Å²) in [7, 11) is 0. The van der Waals surface area contributed by atoms with Gasteiger partial charge in [-0.2, -0.15) is 0 Å². The van der Waals surface area contributed by atoms with Crippen molar-refractivity contribution in [3.8, 4) is 0 Å². The highest BCUT2D eigenvalue weighted by Gasteiger charge is 2.15. The number of likely N-dealkylation sites (tertiary alicyclic amines) is 1. The lowest BCUT2D eigenvalue weighted by Crippen LogP contribution is -2.40. The maximum atomic E-state index is 4.76. The van der Waals surface area contributed by atoms with Gasteiger partial charge in [0, 0.05) is 32.2 Å². The van der Waals surface area contributed by atoms with Crippen molar-refractivity contribution < 1.29 is 0 Å². The summed E-state index contributed by atoms with van der Waals surface area (Å²) in [6, 6.07) is 0.611. The number of nitrogens with one attached hydrogen (secondary N) is 1. The molecule has 0 spiro atoms. The number of hydrogen-bond donors (Lipinski definition) is 1. The number of hydrogen-bond acceptors (Lipinski definition) is 2. The van der Waals surface area contributed by atoms with Gasteiger partial charge in [0.1, 0.15) is 0 Å². The van der Waals surface area contributed by atoms with Crippen molar-refractivity contribution in [1.29, 1.82) is 0 Å². The van der Waals surface area contributed by atoms with Gasteiger partial charge in [0.05, 0.1) is 6.54 Å². The molecule has 4 heteroatoms. The molecular formula is C14H30N4. The van der Waals surface area contributed by atoms with Gasteiger partial charge in [-0.3, -0.25) is 9.89 Å². The van der Waals surface area contributed by atoms with Crippen LogP contribution in [0.4, 0.5) is 0 Å². The molecule has 4 nitrogen and oxygen atoms in total. The van der Waals surface area contributed by atoms with E-state index in [0.717, 1.165) is 45.2 Å². The number of rotatable bonds is 6. The summed E-state index contributed by atoms with van der Waals surface area (Å²) in [6.45, 7) is 15.2. The summed E-state index contributed by atoms with van der Waals surface area (Å²) in [5.41, 5.74) is 0. The van der Waals surface area contributed by atoms with Crippen LogP contribution in [-0.2, 0) is 0 Å². The maximum Gasteiger partial charge on any atom is 0.193 e. The van der Waals surface area contributed by atoms with Crippen molar-refractivity contribution in [1.82, 2.24) is 15.1 Å². The Labute approximate surface area is 112 Å². The van der Waals surface area contributed by atoms with Gasteiger partial charge < -0.3 is 10.2 Å². The van der Waals surface area contributed by atoms with E-state index in [2.05, 4.69) is 42.8 Å². The van der Waals surface area contributed by atoms with Gasteiger partial charge in [-0.05, 0) is 40.2 Å². The molecule has 1 aliphatic rings. The van der Waals surface area contributed by atoms with Gasteiger partial charge >= 0.3 is 0 Å². The van der Waals surface area contributed by atoms with E-state index in [1.54, 1.807) is 0 Å². The van der Waals surface area contributed by atoms with E-state index >= 15 is 0 Å². The van der Waals surface area contributed by atoms with Crippen LogP contribution in [0.15, 0.2) is 4.99 Å². The molecule has 0 aromatic heterocycles. The van der Waals surface area contributed by atoms with E-state index in [9.17, 15) is 0 Å². The fraction of sp³-hybridized carbons (Fsp3) is 0.929. The molecule has 0 unspecified atom stereocenters. The molecule has 0 saturated carbocycles. The summed E-state index contributed by atoms with van der Waals surface area (Å²) < 4.78 is 0. The Balaban J connectivity index is 2.44. The average molecular weight is 254 g/mol. The van der Waals surface area contributed by atoms with Gasteiger partial charge in [0.2, 0.25) is 0 Å². The molecule has 1 N–H and O–H groups in total. The molecule has 0 radical (unpaired) electrons. The highest BCUT2D eigenvalue weighted by Crippen LogP contribution is 2.07. The SMILES string of the molecule is CCNC(=NCCN(CC)C(C)C)N1CCCC1. The molecule has 0 atom stereocenters. The van der Waals surface area contributed by atoms with Crippen LogP contribution in [0.3, 0.4) is 0 Å². The van der Waals surface area contributed by atoms with E-state index in [1.807, 2.05) is 0 Å². The van der Waals surface area contributed by atoms with Gasteiger partial charge in [-0.25, -0.2) is 0 Å². The Morgan fingerprint density at radius 2 is 1.94 bits per heavy atom. The zero-order valence-electron chi connectivity index (χ0n) is 12.6. The van der Waals surface area contributed by atoms with Crippen molar-refractivity contribution in [3.05, 3.63) is 0 Å². The maximum absolute atomic E-state index is 4.76. The molecule has 0 aliphatic carbocycles. The first-order valence-corrected chi connectivity index (χ1v) is 7.46. The van der Waals surface area contributed by atoms with Gasteiger partial charge in [-0.1, -0.05) is 6.92 Å². The quantitative estimate of drug-likeness (QED) is 0.579.